The van der Waals surface area contributed by atoms with E-state index in [1.807, 2.05) is 6.92 Å². The van der Waals surface area contributed by atoms with Gasteiger partial charge in [-0.25, -0.2) is 0 Å². The van der Waals surface area contributed by atoms with Crippen LogP contribution in [0.1, 0.15) is 70.3 Å². The molecule has 180 valence electrons. The molecule has 1 aromatic rings. The standard InChI is InChI=1S/C9H12O3S.3C5H10O/c1-3-12-13(10,11)9-6-4-8(2)5-7-9;3*1-2-4-6-5-3-1/h4-7H,3H2,1-2H3;3*1-5H2. The van der Waals surface area contributed by atoms with Gasteiger partial charge in [0.15, 0.2) is 0 Å². The minimum absolute atomic E-state index is 0.163. The van der Waals surface area contributed by atoms with Gasteiger partial charge in [0.2, 0.25) is 0 Å². The Bertz CT molecular complexity index is 555. The molecule has 3 saturated heterocycles. The van der Waals surface area contributed by atoms with Crippen LogP contribution in [0.3, 0.4) is 0 Å². The van der Waals surface area contributed by atoms with Crippen molar-refractivity contribution in [1.82, 2.24) is 0 Å². The second-order valence-electron chi connectivity index (χ2n) is 7.69. The van der Waals surface area contributed by atoms with Crippen molar-refractivity contribution in [1.29, 1.82) is 0 Å². The van der Waals surface area contributed by atoms with E-state index in [0.717, 1.165) is 45.2 Å². The lowest BCUT2D eigenvalue weighted by molar-refractivity contribution is 0.0967. The first-order valence-electron chi connectivity index (χ1n) is 11.8. The van der Waals surface area contributed by atoms with Crippen LogP contribution in [-0.2, 0) is 28.5 Å². The van der Waals surface area contributed by atoms with Crippen molar-refractivity contribution in [3.8, 4) is 0 Å². The molecular formula is C24H42O6S. The molecule has 0 amide bonds. The van der Waals surface area contributed by atoms with Crippen molar-refractivity contribution in [3.05, 3.63) is 29.8 Å². The van der Waals surface area contributed by atoms with Gasteiger partial charge in [-0.2, -0.15) is 8.42 Å². The summed E-state index contributed by atoms with van der Waals surface area (Å²) in [4.78, 5) is 0.208. The Morgan fingerprint density at radius 2 is 1.03 bits per heavy atom. The SMILES string of the molecule is C1CCOCC1.C1CCOCC1.C1CCOCC1.CCOS(=O)(=O)c1ccc(C)cc1. The normalized spacial score (nSPS) is 18.8. The van der Waals surface area contributed by atoms with Crippen LogP contribution in [0.15, 0.2) is 29.2 Å². The molecule has 0 unspecified atom stereocenters. The Kier molecular flexibility index (Phi) is 16.8. The molecule has 3 aliphatic rings. The Hall–Kier alpha value is -0.990. The summed E-state index contributed by atoms with van der Waals surface area (Å²) in [5.41, 5.74) is 1.02. The summed E-state index contributed by atoms with van der Waals surface area (Å²) in [5, 5.41) is 0. The number of hydrogen-bond donors (Lipinski definition) is 0. The maximum Gasteiger partial charge on any atom is 0.296 e. The molecule has 3 heterocycles. The van der Waals surface area contributed by atoms with Gasteiger partial charge < -0.3 is 14.2 Å². The number of hydrogen-bond acceptors (Lipinski definition) is 6. The van der Waals surface area contributed by atoms with Crippen LogP contribution in [0.4, 0.5) is 0 Å². The summed E-state index contributed by atoms with van der Waals surface area (Å²) in [6, 6.07) is 6.57. The molecule has 0 aliphatic carbocycles. The summed E-state index contributed by atoms with van der Waals surface area (Å²) in [5.74, 6) is 0. The molecule has 0 atom stereocenters. The highest BCUT2D eigenvalue weighted by Gasteiger charge is 2.12. The zero-order valence-corrected chi connectivity index (χ0v) is 20.3. The molecule has 3 aliphatic heterocycles. The van der Waals surface area contributed by atoms with Crippen molar-refractivity contribution in [2.75, 3.05) is 46.2 Å². The van der Waals surface area contributed by atoms with E-state index in [1.165, 1.54) is 57.8 Å². The van der Waals surface area contributed by atoms with Crippen molar-refractivity contribution in [3.63, 3.8) is 0 Å². The smallest absolute Gasteiger partial charge is 0.296 e. The highest BCUT2D eigenvalue weighted by Crippen LogP contribution is 2.12. The van der Waals surface area contributed by atoms with E-state index in [0.29, 0.717) is 0 Å². The minimum atomic E-state index is -3.53. The van der Waals surface area contributed by atoms with E-state index >= 15 is 0 Å². The van der Waals surface area contributed by atoms with Crippen LogP contribution in [-0.4, -0.2) is 54.7 Å². The van der Waals surface area contributed by atoms with Crippen LogP contribution in [0.5, 0.6) is 0 Å². The van der Waals surface area contributed by atoms with Crippen molar-refractivity contribution >= 4 is 10.1 Å². The zero-order chi connectivity index (χ0) is 22.6. The zero-order valence-electron chi connectivity index (χ0n) is 19.5. The number of rotatable bonds is 3. The van der Waals surface area contributed by atoms with E-state index in [-0.39, 0.29) is 11.5 Å². The summed E-state index contributed by atoms with van der Waals surface area (Å²) in [6.07, 6.45) is 11.8. The molecule has 0 spiro atoms. The molecule has 6 nitrogen and oxygen atoms in total. The van der Waals surface area contributed by atoms with Crippen LogP contribution < -0.4 is 0 Å². The minimum Gasteiger partial charge on any atom is -0.381 e. The second-order valence-corrected chi connectivity index (χ2v) is 9.31. The third-order valence-corrected chi connectivity index (χ3v) is 6.21. The van der Waals surface area contributed by atoms with Gasteiger partial charge in [0.1, 0.15) is 0 Å². The summed E-state index contributed by atoms with van der Waals surface area (Å²) in [7, 11) is -3.53. The highest BCUT2D eigenvalue weighted by molar-refractivity contribution is 7.86. The Morgan fingerprint density at radius 1 is 0.677 bits per heavy atom. The molecular weight excluding hydrogens is 416 g/mol. The van der Waals surface area contributed by atoms with Gasteiger partial charge in [0, 0.05) is 39.6 Å². The van der Waals surface area contributed by atoms with Crippen LogP contribution in [0, 0.1) is 6.92 Å². The van der Waals surface area contributed by atoms with E-state index in [2.05, 4.69) is 4.18 Å². The first kappa shape index (κ1) is 28.0. The number of benzene rings is 1. The third-order valence-electron chi connectivity index (χ3n) is 4.81. The molecule has 0 N–H and O–H groups in total. The van der Waals surface area contributed by atoms with E-state index in [9.17, 15) is 8.42 Å². The topological polar surface area (TPSA) is 71.1 Å². The van der Waals surface area contributed by atoms with E-state index < -0.39 is 10.1 Å². The van der Waals surface area contributed by atoms with Crippen LogP contribution in [0.2, 0.25) is 0 Å². The average Bonchev–Trinajstić information content (AvgIpc) is 2.84. The predicted octanol–water partition coefficient (Wildman–Crippen LogP) is 5.28. The largest absolute Gasteiger partial charge is 0.381 e. The van der Waals surface area contributed by atoms with Crippen LogP contribution >= 0.6 is 0 Å². The number of ether oxygens (including phenoxy) is 3. The van der Waals surface area contributed by atoms with Gasteiger partial charge >= 0.3 is 0 Å². The molecule has 3 fully saturated rings. The monoisotopic (exact) mass is 458 g/mol. The molecule has 7 heteroatoms. The fraction of sp³-hybridized carbons (Fsp3) is 0.750. The van der Waals surface area contributed by atoms with Crippen LogP contribution in [0.25, 0.3) is 0 Å². The van der Waals surface area contributed by atoms with E-state index in [4.69, 9.17) is 14.2 Å². The molecule has 0 bridgehead atoms. The first-order chi connectivity index (χ1) is 15.1. The van der Waals surface area contributed by atoms with Crippen molar-refractivity contribution < 1.29 is 26.8 Å². The van der Waals surface area contributed by atoms with Gasteiger partial charge in [-0.3, -0.25) is 4.18 Å². The molecule has 0 radical (unpaired) electrons. The maximum atomic E-state index is 11.3. The van der Waals surface area contributed by atoms with Gasteiger partial charge in [0.25, 0.3) is 10.1 Å². The Labute approximate surface area is 189 Å². The lowest BCUT2D eigenvalue weighted by Crippen LogP contribution is -2.05. The number of aryl methyl sites for hydroxylation is 1. The first-order valence-corrected chi connectivity index (χ1v) is 13.2. The molecule has 4 rings (SSSR count). The van der Waals surface area contributed by atoms with Gasteiger partial charge in [-0.05, 0) is 83.8 Å². The summed E-state index contributed by atoms with van der Waals surface area (Å²) < 4.78 is 42.5. The fourth-order valence-corrected chi connectivity index (χ4v) is 3.91. The van der Waals surface area contributed by atoms with Gasteiger partial charge in [0.05, 0.1) is 11.5 Å². The Balaban J connectivity index is 0.000000224. The quantitative estimate of drug-likeness (QED) is 0.574. The molecule has 31 heavy (non-hydrogen) atoms. The van der Waals surface area contributed by atoms with Gasteiger partial charge in [-0.15, -0.1) is 0 Å². The molecule has 0 aromatic heterocycles. The maximum absolute atomic E-state index is 11.3. The molecule has 0 saturated carbocycles. The van der Waals surface area contributed by atoms with Crippen molar-refractivity contribution in [2.24, 2.45) is 0 Å². The lowest BCUT2D eigenvalue weighted by atomic mass is 10.2. The fourth-order valence-electron chi connectivity index (χ4n) is 2.99. The van der Waals surface area contributed by atoms with E-state index in [1.54, 1.807) is 31.2 Å². The van der Waals surface area contributed by atoms with Crippen molar-refractivity contribution in [2.45, 2.75) is 76.5 Å². The van der Waals surface area contributed by atoms with Gasteiger partial charge in [-0.1, -0.05) is 17.7 Å². The third kappa shape index (κ3) is 15.5. The lowest BCUT2D eigenvalue weighted by Gasteiger charge is -2.08. The summed E-state index contributed by atoms with van der Waals surface area (Å²) in [6.45, 7) is 9.71. The Morgan fingerprint density at radius 3 is 1.26 bits per heavy atom. The summed E-state index contributed by atoms with van der Waals surface area (Å²) >= 11 is 0. The highest BCUT2D eigenvalue weighted by atomic mass is 32.2. The predicted molar refractivity (Wildman–Crippen MR) is 124 cm³/mol. The second kappa shape index (κ2) is 18.6. The molecule has 1 aromatic carbocycles. The average molecular weight is 459 g/mol.